The van der Waals surface area contributed by atoms with Crippen LogP contribution in [0.5, 0.6) is 5.75 Å². The van der Waals surface area contributed by atoms with E-state index in [1.807, 2.05) is 7.05 Å². The molecule has 1 saturated heterocycles. The summed E-state index contributed by atoms with van der Waals surface area (Å²) < 4.78 is 7.53. The summed E-state index contributed by atoms with van der Waals surface area (Å²) in [6.07, 6.45) is 2.06. The van der Waals surface area contributed by atoms with E-state index < -0.39 is 0 Å². The van der Waals surface area contributed by atoms with Gasteiger partial charge in [0, 0.05) is 43.0 Å². The zero-order valence-electron chi connectivity index (χ0n) is 13.8. The number of benzene rings is 2. The van der Waals surface area contributed by atoms with Crippen LogP contribution in [0.25, 0.3) is 22.0 Å². The molecule has 0 bridgehead atoms. The lowest BCUT2D eigenvalue weighted by Crippen LogP contribution is -2.36. The number of hydrogen-bond donors (Lipinski definition) is 1. The average Bonchev–Trinajstić information content (AvgIpc) is 2.96. The number of hydrogen-bond acceptors (Lipinski definition) is 3. The Labute approximate surface area is 156 Å². The quantitative estimate of drug-likeness (QED) is 0.704. The van der Waals surface area contributed by atoms with E-state index in [-0.39, 0.29) is 15.8 Å². The van der Waals surface area contributed by atoms with Gasteiger partial charge in [-0.25, -0.2) is 0 Å². The highest BCUT2D eigenvalue weighted by Crippen LogP contribution is 2.39. The summed E-state index contributed by atoms with van der Waals surface area (Å²) in [5.74, 6) is -0.0816. The molecule has 0 aliphatic carbocycles. The van der Waals surface area contributed by atoms with Crippen molar-refractivity contribution in [1.29, 1.82) is 0 Å². The number of halogens is 2. The fourth-order valence-corrected chi connectivity index (χ4v) is 3.83. The minimum absolute atomic E-state index is 0.0816. The Balaban J connectivity index is 1.81. The third kappa shape index (κ3) is 2.95. The van der Waals surface area contributed by atoms with E-state index in [2.05, 4.69) is 33.9 Å². The fourth-order valence-electron chi connectivity index (χ4n) is 3.34. The molecule has 2 heterocycles. The first-order chi connectivity index (χ1) is 12.0. The van der Waals surface area contributed by atoms with Gasteiger partial charge in [-0.2, -0.15) is 0 Å². The van der Waals surface area contributed by atoms with Crippen molar-refractivity contribution < 1.29 is 9.84 Å². The summed E-state index contributed by atoms with van der Waals surface area (Å²) in [5.41, 5.74) is 4.26. The molecule has 1 aliphatic rings. The smallest absolute Gasteiger partial charge is 0.152 e. The largest absolute Gasteiger partial charge is 0.505 e. The minimum Gasteiger partial charge on any atom is -0.505 e. The normalized spacial score (nSPS) is 15.1. The minimum atomic E-state index is -0.0816. The highest BCUT2D eigenvalue weighted by Gasteiger charge is 2.16. The number of ether oxygens (including phenoxy) is 1. The van der Waals surface area contributed by atoms with E-state index >= 15 is 0 Å². The molecule has 3 aromatic rings. The third-order valence-electron chi connectivity index (χ3n) is 4.68. The van der Waals surface area contributed by atoms with Gasteiger partial charge in [0.25, 0.3) is 0 Å². The van der Waals surface area contributed by atoms with Gasteiger partial charge in [-0.15, -0.1) is 0 Å². The SMILES string of the molecule is Cn1cc(-c2cc(Cl)c(O)c(Cl)c2)c2ccc(N3CCOCC3)cc21. The number of aromatic nitrogens is 1. The van der Waals surface area contributed by atoms with Crippen molar-refractivity contribution in [3.05, 3.63) is 46.6 Å². The van der Waals surface area contributed by atoms with Crippen molar-refractivity contribution in [2.24, 2.45) is 7.05 Å². The summed E-state index contributed by atoms with van der Waals surface area (Å²) in [4.78, 5) is 2.34. The Morgan fingerprint density at radius 1 is 1.04 bits per heavy atom. The molecular formula is C19H18Cl2N2O2. The second kappa shape index (κ2) is 6.45. The Bertz CT molecular complexity index is 923. The molecule has 1 fully saturated rings. The van der Waals surface area contributed by atoms with Crippen LogP contribution in [0.15, 0.2) is 36.5 Å². The lowest BCUT2D eigenvalue weighted by molar-refractivity contribution is 0.122. The molecule has 2 aromatic carbocycles. The maximum atomic E-state index is 9.79. The number of aryl methyl sites for hydroxylation is 1. The van der Waals surface area contributed by atoms with Crippen LogP contribution in [0.2, 0.25) is 10.0 Å². The number of morpholine rings is 1. The third-order valence-corrected chi connectivity index (χ3v) is 5.25. The van der Waals surface area contributed by atoms with E-state index in [0.29, 0.717) is 0 Å². The molecule has 130 valence electrons. The van der Waals surface area contributed by atoms with Crippen molar-refractivity contribution in [2.75, 3.05) is 31.2 Å². The van der Waals surface area contributed by atoms with Crippen molar-refractivity contribution >= 4 is 39.8 Å². The molecule has 6 heteroatoms. The molecule has 4 nitrogen and oxygen atoms in total. The fraction of sp³-hybridized carbons (Fsp3) is 0.263. The van der Waals surface area contributed by atoms with E-state index in [0.717, 1.165) is 48.3 Å². The van der Waals surface area contributed by atoms with Crippen molar-refractivity contribution in [3.8, 4) is 16.9 Å². The zero-order valence-corrected chi connectivity index (χ0v) is 15.3. The number of anilines is 1. The molecule has 0 atom stereocenters. The molecule has 0 radical (unpaired) electrons. The lowest BCUT2D eigenvalue weighted by Gasteiger charge is -2.29. The predicted molar refractivity (Wildman–Crippen MR) is 103 cm³/mol. The maximum absolute atomic E-state index is 9.79. The van der Waals surface area contributed by atoms with Gasteiger partial charge in [0.15, 0.2) is 5.75 Å². The van der Waals surface area contributed by atoms with Gasteiger partial charge >= 0.3 is 0 Å². The van der Waals surface area contributed by atoms with Gasteiger partial charge in [0.1, 0.15) is 0 Å². The van der Waals surface area contributed by atoms with Crippen LogP contribution in [0.1, 0.15) is 0 Å². The molecule has 0 amide bonds. The maximum Gasteiger partial charge on any atom is 0.152 e. The molecule has 1 aliphatic heterocycles. The summed E-state index contributed by atoms with van der Waals surface area (Å²) in [6.45, 7) is 3.35. The highest BCUT2D eigenvalue weighted by atomic mass is 35.5. The van der Waals surface area contributed by atoms with E-state index in [4.69, 9.17) is 27.9 Å². The first-order valence-corrected chi connectivity index (χ1v) is 8.90. The van der Waals surface area contributed by atoms with E-state index in [9.17, 15) is 5.11 Å². The summed E-state index contributed by atoms with van der Waals surface area (Å²) >= 11 is 12.2. The Kier molecular flexibility index (Phi) is 4.28. The first kappa shape index (κ1) is 16.6. The van der Waals surface area contributed by atoms with Crippen molar-refractivity contribution in [2.45, 2.75) is 0 Å². The number of nitrogens with zero attached hydrogens (tertiary/aromatic N) is 2. The summed E-state index contributed by atoms with van der Waals surface area (Å²) in [6, 6.07) is 9.96. The number of fused-ring (bicyclic) bond motifs is 1. The molecule has 0 unspecified atom stereocenters. The Hall–Kier alpha value is -1.88. The van der Waals surface area contributed by atoms with Gasteiger partial charge in [-0.05, 0) is 29.8 Å². The number of phenols is 1. The predicted octanol–water partition coefficient (Wildman–Crippen LogP) is 4.69. The van der Waals surface area contributed by atoms with Gasteiger partial charge in [0.2, 0.25) is 0 Å². The molecule has 1 aromatic heterocycles. The van der Waals surface area contributed by atoms with Gasteiger partial charge in [-0.1, -0.05) is 29.3 Å². The van der Waals surface area contributed by atoms with Crippen molar-refractivity contribution in [1.82, 2.24) is 4.57 Å². The van der Waals surface area contributed by atoms with Crippen LogP contribution in [-0.4, -0.2) is 36.0 Å². The van der Waals surface area contributed by atoms with Crippen LogP contribution in [0, 0.1) is 0 Å². The first-order valence-electron chi connectivity index (χ1n) is 8.15. The molecule has 25 heavy (non-hydrogen) atoms. The molecule has 0 saturated carbocycles. The van der Waals surface area contributed by atoms with E-state index in [1.54, 1.807) is 12.1 Å². The standard InChI is InChI=1S/C19H18Cl2N2O2/c1-22-11-15(12-8-16(20)19(24)17(21)9-12)14-3-2-13(10-18(14)22)23-4-6-25-7-5-23/h2-3,8-11,24H,4-7H2,1H3. The lowest BCUT2D eigenvalue weighted by atomic mass is 10.0. The van der Waals surface area contributed by atoms with Crippen LogP contribution >= 0.6 is 23.2 Å². The molecule has 0 spiro atoms. The molecule has 4 rings (SSSR count). The second-order valence-corrected chi connectivity index (χ2v) is 7.06. The van der Waals surface area contributed by atoms with E-state index in [1.165, 1.54) is 5.69 Å². The summed E-state index contributed by atoms with van der Waals surface area (Å²) in [5, 5.41) is 11.4. The number of phenolic OH excluding ortho intramolecular Hbond substituents is 1. The van der Waals surface area contributed by atoms with Crippen molar-refractivity contribution in [3.63, 3.8) is 0 Å². The second-order valence-electron chi connectivity index (χ2n) is 6.24. The Morgan fingerprint density at radius 2 is 1.72 bits per heavy atom. The van der Waals surface area contributed by atoms with Crippen LogP contribution in [-0.2, 0) is 11.8 Å². The molecule has 1 N–H and O–H groups in total. The zero-order chi connectivity index (χ0) is 17.6. The summed E-state index contributed by atoms with van der Waals surface area (Å²) in [7, 11) is 2.03. The van der Waals surface area contributed by atoms with Gasteiger partial charge in [0.05, 0.1) is 28.8 Å². The monoisotopic (exact) mass is 376 g/mol. The van der Waals surface area contributed by atoms with Gasteiger partial charge in [-0.3, -0.25) is 0 Å². The van der Waals surface area contributed by atoms with Crippen LogP contribution < -0.4 is 4.90 Å². The van der Waals surface area contributed by atoms with Crippen LogP contribution in [0.4, 0.5) is 5.69 Å². The average molecular weight is 377 g/mol. The topological polar surface area (TPSA) is 37.6 Å². The van der Waals surface area contributed by atoms with Crippen LogP contribution in [0.3, 0.4) is 0 Å². The highest BCUT2D eigenvalue weighted by molar-refractivity contribution is 6.37. The van der Waals surface area contributed by atoms with Gasteiger partial charge < -0.3 is 19.3 Å². The number of rotatable bonds is 2. The Morgan fingerprint density at radius 3 is 2.40 bits per heavy atom. The molecular weight excluding hydrogens is 359 g/mol. The number of aromatic hydroxyl groups is 1.